The fraction of sp³-hybridized carbons (Fsp3) is 0.278. The largest absolute Gasteiger partial charge is 0.445 e. The number of hydrogen-bond donors (Lipinski definition) is 2. The van der Waals surface area contributed by atoms with Gasteiger partial charge >= 0.3 is 6.09 Å². The number of ether oxygens (including phenoxy) is 1. The third-order valence-corrected chi connectivity index (χ3v) is 4.61. The molecule has 3 rings (SSSR count). The molecule has 126 valence electrons. The van der Waals surface area contributed by atoms with Gasteiger partial charge in [0.2, 0.25) is 0 Å². The second-order valence-corrected chi connectivity index (χ2v) is 6.70. The van der Waals surface area contributed by atoms with Gasteiger partial charge in [0.05, 0.1) is 4.47 Å². The van der Waals surface area contributed by atoms with Crippen molar-refractivity contribution in [3.8, 4) is 0 Å². The van der Waals surface area contributed by atoms with E-state index in [2.05, 4.69) is 26.6 Å². The molecule has 24 heavy (non-hydrogen) atoms. The van der Waals surface area contributed by atoms with E-state index in [1.54, 1.807) is 6.07 Å². The summed E-state index contributed by atoms with van der Waals surface area (Å²) in [4.78, 5) is 11.8. The summed E-state index contributed by atoms with van der Waals surface area (Å²) in [6.07, 6.45) is 1.17. The van der Waals surface area contributed by atoms with Gasteiger partial charge in [0, 0.05) is 17.8 Å². The zero-order valence-electron chi connectivity index (χ0n) is 13.0. The van der Waals surface area contributed by atoms with Crippen molar-refractivity contribution in [3.63, 3.8) is 0 Å². The molecule has 0 aromatic heterocycles. The van der Waals surface area contributed by atoms with Crippen LogP contribution in [0, 0.1) is 5.82 Å². The molecular weight excluding hydrogens is 375 g/mol. The van der Waals surface area contributed by atoms with Gasteiger partial charge in [0.1, 0.15) is 12.4 Å². The van der Waals surface area contributed by atoms with Crippen LogP contribution in [0.1, 0.15) is 18.4 Å². The van der Waals surface area contributed by atoms with Gasteiger partial charge in [-0.1, -0.05) is 30.3 Å². The lowest BCUT2D eigenvalue weighted by Gasteiger charge is -2.36. The number of carbonyl (C=O) groups excluding carboxylic acids is 1. The molecule has 0 unspecified atom stereocenters. The molecule has 0 atom stereocenters. The summed E-state index contributed by atoms with van der Waals surface area (Å²) in [5, 5.41) is 6.09. The number of alkyl carbamates (subject to hydrolysis) is 1. The summed E-state index contributed by atoms with van der Waals surface area (Å²) in [5.74, 6) is -0.293. The highest BCUT2D eigenvalue weighted by molar-refractivity contribution is 9.10. The molecule has 2 aromatic rings. The Morgan fingerprint density at radius 2 is 1.92 bits per heavy atom. The van der Waals surface area contributed by atoms with Gasteiger partial charge in [-0.3, -0.25) is 0 Å². The molecule has 1 aliphatic carbocycles. The van der Waals surface area contributed by atoms with Crippen molar-refractivity contribution >= 4 is 27.7 Å². The lowest BCUT2D eigenvalue weighted by molar-refractivity contribution is 0.129. The SMILES string of the molecule is O=C(NC1CC(Nc2ccc(Br)c(F)c2)C1)OCc1ccccc1. The molecule has 6 heteroatoms. The molecule has 0 saturated heterocycles. The molecular formula is C18H18BrFN2O2. The minimum atomic E-state index is -0.406. The second kappa shape index (κ2) is 7.66. The minimum Gasteiger partial charge on any atom is -0.445 e. The third-order valence-electron chi connectivity index (χ3n) is 3.96. The number of amides is 1. The number of halogens is 2. The number of nitrogens with one attached hydrogen (secondary N) is 2. The van der Waals surface area contributed by atoms with Crippen molar-refractivity contribution < 1.29 is 13.9 Å². The predicted octanol–water partition coefficient (Wildman–Crippen LogP) is 4.46. The first-order chi connectivity index (χ1) is 11.6. The molecule has 2 N–H and O–H groups in total. The minimum absolute atomic E-state index is 0.0890. The fourth-order valence-corrected chi connectivity index (χ4v) is 2.85. The summed E-state index contributed by atoms with van der Waals surface area (Å²) in [6, 6.07) is 14.8. The standard InChI is InChI=1S/C18H18BrFN2O2/c19-16-7-6-13(10-17(16)20)21-14-8-15(9-14)22-18(23)24-11-12-4-2-1-3-5-12/h1-7,10,14-15,21H,8-9,11H2,(H,22,23). The van der Waals surface area contributed by atoms with Gasteiger partial charge < -0.3 is 15.4 Å². The van der Waals surface area contributed by atoms with Crippen LogP contribution in [-0.4, -0.2) is 18.2 Å². The van der Waals surface area contributed by atoms with E-state index in [0.717, 1.165) is 24.1 Å². The molecule has 1 amide bonds. The third kappa shape index (κ3) is 4.47. The Hall–Kier alpha value is -2.08. The molecule has 1 fully saturated rings. The summed E-state index contributed by atoms with van der Waals surface area (Å²) >= 11 is 3.13. The van der Waals surface area contributed by atoms with E-state index < -0.39 is 6.09 Å². The molecule has 0 bridgehead atoms. The molecule has 1 saturated carbocycles. The first-order valence-corrected chi connectivity index (χ1v) is 8.58. The second-order valence-electron chi connectivity index (χ2n) is 5.84. The number of carbonyl (C=O) groups is 1. The van der Waals surface area contributed by atoms with Crippen molar-refractivity contribution in [1.82, 2.24) is 5.32 Å². The molecule has 4 nitrogen and oxygen atoms in total. The molecule has 1 aliphatic rings. The lowest BCUT2D eigenvalue weighted by atomic mass is 9.86. The number of hydrogen-bond acceptors (Lipinski definition) is 3. The molecule has 0 aliphatic heterocycles. The van der Waals surface area contributed by atoms with Crippen LogP contribution < -0.4 is 10.6 Å². The van der Waals surface area contributed by atoms with E-state index in [1.807, 2.05) is 36.4 Å². The molecule has 0 heterocycles. The smallest absolute Gasteiger partial charge is 0.407 e. The maximum absolute atomic E-state index is 13.5. The zero-order chi connectivity index (χ0) is 16.9. The topological polar surface area (TPSA) is 50.4 Å². The van der Waals surface area contributed by atoms with Crippen molar-refractivity contribution in [2.75, 3.05) is 5.32 Å². The van der Waals surface area contributed by atoms with Gasteiger partial charge in [-0.25, -0.2) is 9.18 Å². The van der Waals surface area contributed by atoms with Crippen LogP contribution in [0.2, 0.25) is 0 Å². The van der Waals surface area contributed by atoms with Crippen LogP contribution in [-0.2, 0) is 11.3 Å². The van der Waals surface area contributed by atoms with E-state index in [-0.39, 0.29) is 24.5 Å². The monoisotopic (exact) mass is 392 g/mol. The Bertz CT molecular complexity index is 705. The van der Waals surface area contributed by atoms with E-state index in [4.69, 9.17) is 4.74 Å². The Morgan fingerprint density at radius 3 is 2.62 bits per heavy atom. The van der Waals surface area contributed by atoms with Crippen LogP contribution in [0.3, 0.4) is 0 Å². The normalized spacial score (nSPS) is 19.2. The van der Waals surface area contributed by atoms with Gasteiger partial charge in [-0.05, 0) is 52.5 Å². The Labute approximate surface area is 148 Å². The maximum atomic E-state index is 13.5. The quantitative estimate of drug-likeness (QED) is 0.789. The highest BCUT2D eigenvalue weighted by Gasteiger charge is 2.30. The van der Waals surface area contributed by atoms with Crippen LogP contribution in [0.15, 0.2) is 53.0 Å². The Balaban J connectivity index is 1.37. The van der Waals surface area contributed by atoms with Crippen LogP contribution in [0.5, 0.6) is 0 Å². The Morgan fingerprint density at radius 1 is 1.17 bits per heavy atom. The Kier molecular flexibility index (Phi) is 5.35. The lowest BCUT2D eigenvalue weighted by Crippen LogP contribution is -2.49. The molecule has 2 aromatic carbocycles. The van der Waals surface area contributed by atoms with E-state index in [9.17, 15) is 9.18 Å². The van der Waals surface area contributed by atoms with E-state index in [0.29, 0.717) is 4.47 Å². The highest BCUT2D eigenvalue weighted by atomic mass is 79.9. The summed E-state index contributed by atoms with van der Waals surface area (Å²) in [6.45, 7) is 0.263. The van der Waals surface area contributed by atoms with Crippen molar-refractivity contribution in [2.24, 2.45) is 0 Å². The first-order valence-electron chi connectivity index (χ1n) is 7.79. The van der Waals surface area contributed by atoms with Crippen molar-refractivity contribution in [2.45, 2.75) is 31.5 Å². The van der Waals surface area contributed by atoms with Crippen molar-refractivity contribution in [3.05, 3.63) is 64.4 Å². The molecule has 0 radical (unpaired) electrons. The van der Waals surface area contributed by atoms with Gasteiger partial charge in [-0.15, -0.1) is 0 Å². The zero-order valence-corrected chi connectivity index (χ0v) is 14.6. The van der Waals surface area contributed by atoms with Crippen molar-refractivity contribution in [1.29, 1.82) is 0 Å². The van der Waals surface area contributed by atoms with Crippen LogP contribution in [0.25, 0.3) is 0 Å². The first kappa shape index (κ1) is 16.8. The average molecular weight is 393 g/mol. The summed E-state index contributed by atoms with van der Waals surface area (Å²) < 4.78 is 19.1. The highest BCUT2D eigenvalue weighted by Crippen LogP contribution is 2.26. The van der Waals surface area contributed by atoms with Gasteiger partial charge in [0.25, 0.3) is 0 Å². The predicted molar refractivity (Wildman–Crippen MR) is 94.3 cm³/mol. The summed E-state index contributed by atoms with van der Waals surface area (Å²) in [7, 11) is 0. The molecule has 0 spiro atoms. The number of anilines is 1. The van der Waals surface area contributed by atoms with Gasteiger partial charge in [0.15, 0.2) is 0 Å². The van der Waals surface area contributed by atoms with Crippen LogP contribution in [0.4, 0.5) is 14.9 Å². The van der Waals surface area contributed by atoms with E-state index in [1.165, 1.54) is 6.07 Å². The number of benzene rings is 2. The summed E-state index contributed by atoms with van der Waals surface area (Å²) in [5.41, 5.74) is 1.70. The number of rotatable bonds is 5. The van der Waals surface area contributed by atoms with E-state index >= 15 is 0 Å². The van der Waals surface area contributed by atoms with Crippen LogP contribution >= 0.6 is 15.9 Å². The van der Waals surface area contributed by atoms with Gasteiger partial charge in [-0.2, -0.15) is 0 Å². The average Bonchev–Trinajstić information content (AvgIpc) is 2.55. The maximum Gasteiger partial charge on any atom is 0.407 e. The fourth-order valence-electron chi connectivity index (χ4n) is 2.61.